The van der Waals surface area contributed by atoms with Gasteiger partial charge in [0, 0.05) is 112 Å². The predicted octanol–water partition coefficient (Wildman–Crippen LogP) is 9.71. The van der Waals surface area contributed by atoms with Crippen LogP contribution in [0.5, 0.6) is 0 Å². The number of rotatable bonds is 18. The van der Waals surface area contributed by atoms with Gasteiger partial charge in [0.2, 0.25) is 5.91 Å². The van der Waals surface area contributed by atoms with Gasteiger partial charge in [-0.2, -0.15) is 0 Å². The molecule has 1 amide bonds. The number of carbonyl (C=O) groups excluding carboxylic acids is 4. The zero-order chi connectivity index (χ0) is 52.0. The second-order valence-corrected chi connectivity index (χ2v) is 21.1. The van der Waals surface area contributed by atoms with Gasteiger partial charge in [-0.05, 0) is 106 Å². The first-order valence-electron chi connectivity index (χ1n) is 26.5. The summed E-state index contributed by atoms with van der Waals surface area (Å²) in [6.07, 6.45) is 9.83. The van der Waals surface area contributed by atoms with Gasteiger partial charge in [0.1, 0.15) is 0 Å². The number of nitrogens with one attached hydrogen (secondary N) is 4. The number of carbonyl (C=O) groups is 4. The van der Waals surface area contributed by atoms with Crippen LogP contribution in [0.2, 0.25) is 0 Å². The fraction of sp³-hybridized carbons (Fsp3) is 0.492. The van der Waals surface area contributed by atoms with Crippen molar-refractivity contribution in [3.63, 3.8) is 0 Å². The molecule has 4 N–H and O–H groups in total. The minimum Gasteiger partial charge on any atom is -0.457 e. The van der Waals surface area contributed by atoms with Crippen molar-refractivity contribution in [1.82, 2.24) is 25.5 Å². The van der Waals surface area contributed by atoms with Crippen molar-refractivity contribution in [3.05, 3.63) is 124 Å². The van der Waals surface area contributed by atoms with Gasteiger partial charge < -0.3 is 35.6 Å². The van der Waals surface area contributed by atoms with Crippen molar-refractivity contribution >= 4 is 51.3 Å². The molecule has 0 spiro atoms. The van der Waals surface area contributed by atoms with E-state index in [-0.39, 0.29) is 36.4 Å². The number of esters is 1. The Balaban J connectivity index is 0.000000213. The third-order valence-corrected chi connectivity index (χ3v) is 15.2. The monoisotopic (exact) mass is 993 g/mol. The molecule has 0 saturated carbocycles. The van der Waals surface area contributed by atoms with E-state index in [1.165, 1.54) is 31.4 Å². The predicted molar refractivity (Wildman–Crippen MR) is 289 cm³/mol. The number of amides is 1. The lowest BCUT2D eigenvalue weighted by atomic mass is 9.73. The van der Waals surface area contributed by atoms with Crippen LogP contribution in [-0.4, -0.2) is 102 Å². The molecule has 14 heteroatoms. The van der Waals surface area contributed by atoms with E-state index >= 15 is 0 Å². The second kappa shape index (κ2) is 23.3. The first-order chi connectivity index (χ1) is 35.1. The molecule has 7 atom stereocenters. The van der Waals surface area contributed by atoms with Gasteiger partial charge in [-0.1, -0.05) is 69.5 Å². The summed E-state index contributed by atoms with van der Waals surface area (Å²) < 4.78 is 12.3. The molecule has 0 radical (unpaired) electrons. The van der Waals surface area contributed by atoms with Crippen molar-refractivity contribution in [2.75, 3.05) is 49.8 Å². The summed E-state index contributed by atoms with van der Waals surface area (Å²) in [5.41, 5.74) is 7.75. The maximum atomic E-state index is 14.1. The van der Waals surface area contributed by atoms with E-state index in [9.17, 15) is 19.2 Å². The fourth-order valence-corrected chi connectivity index (χ4v) is 11.5. The smallest absolute Gasteiger partial charge is 0.306 e. The van der Waals surface area contributed by atoms with Crippen molar-refractivity contribution < 1.29 is 28.7 Å². The number of hydrogen-bond donors (Lipinski definition) is 4. The third-order valence-electron chi connectivity index (χ3n) is 15.2. The summed E-state index contributed by atoms with van der Waals surface area (Å²) in [5, 5.41) is 15.2. The number of fused-ring (bicyclic) bond motifs is 9. The van der Waals surface area contributed by atoms with Crippen molar-refractivity contribution in [1.29, 1.82) is 0 Å². The lowest BCUT2D eigenvalue weighted by Gasteiger charge is -2.52. The average Bonchev–Trinajstić information content (AvgIpc) is 3.84. The summed E-state index contributed by atoms with van der Waals surface area (Å²) in [5.74, 6) is -0.673. The van der Waals surface area contributed by atoms with E-state index in [1.807, 2.05) is 76.6 Å². The molecule has 3 aliphatic heterocycles. The van der Waals surface area contributed by atoms with Crippen molar-refractivity contribution in [2.24, 2.45) is 5.92 Å². The van der Waals surface area contributed by atoms with Crippen LogP contribution >= 0.6 is 0 Å². The largest absolute Gasteiger partial charge is 0.457 e. The summed E-state index contributed by atoms with van der Waals surface area (Å²) >= 11 is 0. The van der Waals surface area contributed by atoms with E-state index < -0.39 is 23.7 Å². The topological polar surface area (TPSA) is 167 Å². The zero-order valence-corrected chi connectivity index (χ0v) is 44.4. The number of hydrogen-bond acceptors (Lipinski definition) is 13. The molecule has 5 aromatic rings. The van der Waals surface area contributed by atoms with Crippen LogP contribution in [0.25, 0.3) is 10.8 Å². The standard InChI is InChI=1S/C36H40N2O6.C23H36N6/c1-6-7-20(3)18-37-28(39)14-15-29(40)44-35-21(4)43-27-17-36(35,5)38-32-24(27)12-13-26-31(32)34(42)25-11-9-22-16-19(2)8-10-23(22)30(25)33(26)41;1-5-7-22(27-16-19-15-21(28(3)4)10-12-25-19)23-8-6-13-29(23)17-20-14-18(24-2)9-11-26-20/h8-13,16,20-21,27,35,38H,6-7,14-15,17-18H2,1-5H3,(H,37,39);9-12,14-15,22-23,27H,5-8,13,16-17H2,1-4H3,(H,24,26). The third kappa shape index (κ3) is 11.9. The van der Waals surface area contributed by atoms with Gasteiger partial charge in [-0.3, -0.25) is 34.0 Å². The normalized spacial score (nSPS) is 21.7. The quantitative estimate of drug-likeness (QED) is 0.0602. The summed E-state index contributed by atoms with van der Waals surface area (Å²) in [4.78, 5) is 67.3. The number of ketones is 2. The Hall–Kier alpha value is -6.22. The highest BCUT2D eigenvalue weighted by Gasteiger charge is 2.53. The van der Waals surface area contributed by atoms with Crippen LogP contribution in [-0.2, 0) is 32.2 Å². The van der Waals surface area contributed by atoms with Crippen LogP contribution in [0.3, 0.4) is 0 Å². The van der Waals surface area contributed by atoms with E-state index in [4.69, 9.17) is 9.47 Å². The summed E-state index contributed by atoms with van der Waals surface area (Å²) in [7, 11) is 6.10. The molecule has 5 heterocycles. The molecule has 73 heavy (non-hydrogen) atoms. The van der Waals surface area contributed by atoms with E-state index in [2.05, 4.69) is 94.1 Å². The molecular weight excluding hydrogens is 917 g/mol. The Morgan fingerprint density at radius 3 is 2.44 bits per heavy atom. The summed E-state index contributed by atoms with van der Waals surface area (Å²) in [6, 6.07) is 22.5. The highest BCUT2D eigenvalue weighted by Crippen LogP contribution is 2.50. The lowest BCUT2D eigenvalue weighted by molar-refractivity contribution is -0.184. The van der Waals surface area contributed by atoms with Crippen LogP contribution in [0.15, 0.2) is 79.1 Å². The van der Waals surface area contributed by atoms with Gasteiger partial charge >= 0.3 is 5.97 Å². The molecule has 7 unspecified atom stereocenters. The molecule has 2 fully saturated rings. The molecule has 1 aliphatic carbocycles. The van der Waals surface area contributed by atoms with E-state index in [0.717, 1.165) is 71.5 Å². The lowest BCUT2D eigenvalue weighted by Crippen LogP contribution is -2.61. The first kappa shape index (κ1) is 53.1. The highest BCUT2D eigenvalue weighted by molar-refractivity contribution is 6.33. The van der Waals surface area contributed by atoms with Crippen LogP contribution in [0.4, 0.5) is 17.1 Å². The molecule has 2 aromatic heterocycles. The van der Waals surface area contributed by atoms with Crippen LogP contribution < -0.4 is 26.2 Å². The number of benzene rings is 3. The van der Waals surface area contributed by atoms with Crippen LogP contribution in [0, 0.1) is 12.8 Å². The van der Waals surface area contributed by atoms with Crippen molar-refractivity contribution in [3.8, 4) is 0 Å². The SMILES string of the molecule is CCCC(C)CNC(=O)CCC(=O)OC1C(C)OC2CC1(C)Nc1c2ccc2c1C(=O)c1ccc3cc(C)ccc3c1C2=O.CCCC(NCc1cc(N(C)C)ccn1)C1CCCN1Cc1cc(NC)ccn1. The maximum absolute atomic E-state index is 14.1. The minimum absolute atomic E-state index is 0.0417. The number of ether oxygens (including phenoxy) is 2. The van der Waals surface area contributed by atoms with Crippen molar-refractivity contribution in [2.45, 2.75) is 148 Å². The molecule has 3 aromatic carbocycles. The Bertz CT molecular complexity index is 2820. The molecule has 4 aliphatic rings. The minimum atomic E-state index is -0.761. The summed E-state index contributed by atoms with van der Waals surface area (Å²) in [6.45, 7) is 15.8. The number of pyridine rings is 2. The van der Waals surface area contributed by atoms with Gasteiger partial charge in [-0.15, -0.1) is 0 Å². The number of aromatic nitrogens is 2. The van der Waals surface area contributed by atoms with Gasteiger partial charge in [0.25, 0.3) is 0 Å². The highest BCUT2D eigenvalue weighted by atomic mass is 16.6. The molecule has 2 saturated heterocycles. The Morgan fingerprint density at radius 1 is 0.932 bits per heavy atom. The molecular formula is C59H76N8O6. The maximum Gasteiger partial charge on any atom is 0.306 e. The van der Waals surface area contributed by atoms with E-state index in [1.54, 1.807) is 12.1 Å². The zero-order valence-electron chi connectivity index (χ0n) is 44.4. The Labute approximate surface area is 431 Å². The van der Waals surface area contributed by atoms with Gasteiger partial charge in [0.05, 0.1) is 46.8 Å². The molecule has 2 bridgehead atoms. The average molecular weight is 993 g/mol. The van der Waals surface area contributed by atoms with Gasteiger partial charge in [-0.25, -0.2) is 0 Å². The number of aryl methyl sites for hydroxylation is 1. The van der Waals surface area contributed by atoms with Crippen LogP contribution in [0.1, 0.15) is 153 Å². The van der Waals surface area contributed by atoms with E-state index in [0.29, 0.717) is 58.9 Å². The number of likely N-dealkylation sites (tertiary alicyclic amines) is 1. The Morgan fingerprint density at radius 2 is 1.67 bits per heavy atom. The fourth-order valence-electron chi connectivity index (χ4n) is 11.5. The second-order valence-electron chi connectivity index (χ2n) is 21.1. The van der Waals surface area contributed by atoms with Gasteiger partial charge in [0.15, 0.2) is 17.7 Å². The first-order valence-corrected chi connectivity index (χ1v) is 26.5. The Kier molecular flexibility index (Phi) is 17.0. The number of nitrogens with zero attached hydrogens (tertiary/aromatic N) is 4. The molecule has 9 rings (SSSR count). The molecule has 14 nitrogen and oxygen atoms in total. The number of anilines is 3. The molecule has 388 valence electrons.